The van der Waals surface area contributed by atoms with Crippen LogP contribution >= 0.6 is 0 Å². The average molecular weight is 274 g/mol. The lowest BCUT2D eigenvalue weighted by molar-refractivity contribution is -0.133. The van der Waals surface area contributed by atoms with Gasteiger partial charge in [0.25, 0.3) is 0 Å². The standard InChI is InChI=1S/C17H26N2O/c1-3-19(14-16-7-5-4-6-8-16)17(20)13-15-9-11-18(2)12-10-15/h4-8,15H,3,9-14H2,1-2H3. The second-order valence-electron chi connectivity index (χ2n) is 5.84. The van der Waals surface area contributed by atoms with Crippen molar-refractivity contribution in [2.45, 2.75) is 32.7 Å². The van der Waals surface area contributed by atoms with Crippen molar-refractivity contribution < 1.29 is 4.79 Å². The lowest BCUT2D eigenvalue weighted by Crippen LogP contribution is -2.35. The van der Waals surface area contributed by atoms with Crippen LogP contribution in [-0.2, 0) is 11.3 Å². The summed E-state index contributed by atoms with van der Waals surface area (Å²) >= 11 is 0. The molecule has 1 aliphatic heterocycles. The van der Waals surface area contributed by atoms with Gasteiger partial charge < -0.3 is 9.80 Å². The van der Waals surface area contributed by atoms with Crippen LogP contribution in [0.5, 0.6) is 0 Å². The van der Waals surface area contributed by atoms with Gasteiger partial charge in [0.1, 0.15) is 0 Å². The van der Waals surface area contributed by atoms with E-state index in [0.29, 0.717) is 18.2 Å². The van der Waals surface area contributed by atoms with E-state index in [-0.39, 0.29) is 0 Å². The SMILES string of the molecule is CCN(Cc1ccccc1)C(=O)CC1CCN(C)CC1. The van der Waals surface area contributed by atoms with Crippen LogP contribution in [-0.4, -0.2) is 42.4 Å². The van der Waals surface area contributed by atoms with Gasteiger partial charge in [-0.2, -0.15) is 0 Å². The van der Waals surface area contributed by atoms with Gasteiger partial charge in [0.15, 0.2) is 0 Å². The summed E-state index contributed by atoms with van der Waals surface area (Å²) in [6.45, 7) is 5.85. The predicted molar refractivity (Wildman–Crippen MR) is 82.4 cm³/mol. The number of carbonyl (C=O) groups excluding carboxylic acids is 1. The fourth-order valence-corrected chi connectivity index (χ4v) is 2.82. The van der Waals surface area contributed by atoms with Crippen LogP contribution in [0.4, 0.5) is 0 Å². The number of nitrogens with zero attached hydrogens (tertiary/aromatic N) is 2. The van der Waals surface area contributed by atoms with E-state index >= 15 is 0 Å². The molecule has 1 aromatic carbocycles. The molecule has 2 rings (SSSR count). The molecular weight excluding hydrogens is 248 g/mol. The highest BCUT2D eigenvalue weighted by Crippen LogP contribution is 2.21. The van der Waals surface area contributed by atoms with E-state index in [1.165, 1.54) is 5.56 Å². The molecule has 1 aromatic rings. The van der Waals surface area contributed by atoms with Crippen molar-refractivity contribution in [3.05, 3.63) is 35.9 Å². The fourth-order valence-electron chi connectivity index (χ4n) is 2.82. The highest BCUT2D eigenvalue weighted by atomic mass is 16.2. The number of amides is 1. The van der Waals surface area contributed by atoms with Crippen LogP contribution in [0.15, 0.2) is 30.3 Å². The molecule has 3 nitrogen and oxygen atoms in total. The summed E-state index contributed by atoms with van der Waals surface area (Å²) in [6, 6.07) is 10.3. The summed E-state index contributed by atoms with van der Waals surface area (Å²) in [5, 5.41) is 0. The van der Waals surface area contributed by atoms with E-state index < -0.39 is 0 Å². The van der Waals surface area contributed by atoms with Gasteiger partial charge in [-0.25, -0.2) is 0 Å². The Kier molecular flexibility index (Phi) is 5.60. The molecule has 1 heterocycles. The van der Waals surface area contributed by atoms with Gasteiger partial charge in [-0.05, 0) is 51.4 Å². The van der Waals surface area contributed by atoms with Crippen LogP contribution in [0.25, 0.3) is 0 Å². The Morgan fingerprint density at radius 3 is 2.50 bits per heavy atom. The van der Waals surface area contributed by atoms with Crippen LogP contribution in [0.2, 0.25) is 0 Å². The summed E-state index contributed by atoms with van der Waals surface area (Å²) in [5.41, 5.74) is 1.21. The molecule has 0 spiro atoms. The molecule has 0 saturated carbocycles. The third-order valence-corrected chi connectivity index (χ3v) is 4.25. The number of hydrogen-bond acceptors (Lipinski definition) is 2. The molecule has 0 N–H and O–H groups in total. The van der Waals surface area contributed by atoms with E-state index in [2.05, 4.69) is 31.0 Å². The van der Waals surface area contributed by atoms with E-state index in [0.717, 1.165) is 39.0 Å². The molecule has 1 saturated heterocycles. The Morgan fingerprint density at radius 1 is 1.25 bits per heavy atom. The Balaban J connectivity index is 1.86. The summed E-state index contributed by atoms with van der Waals surface area (Å²) in [7, 11) is 2.16. The maximum absolute atomic E-state index is 12.4. The third kappa shape index (κ3) is 4.34. The zero-order chi connectivity index (χ0) is 14.4. The highest BCUT2D eigenvalue weighted by molar-refractivity contribution is 5.76. The summed E-state index contributed by atoms with van der Waals surface area (Å²) in [6.07, 6.45) is 3.03. The van der Waals surface area contributed by atoms with E-state index in [1.807, 2.05) is 23.1 Å². The van der Waals surface area contributed by atoms with Gasteiger partial charge in [0, 0.05) is 19.5 Å². The van der Waals surface area contributed by atoms with Crippen molar-refractivity contribution in [3.8, 4) is 0 Å². The van der Waals surface area contributed by atoms with Crippen LogP contribution < -0.4 is 0 Å². The summed E-state index contributed by atoms with van der Waals surface area (Å²) in [5.74, 6) is 0.884. The molecule has 1 fully saturated rings. The second kappa shape index (κ2) is 7.44. The van der Waals surface area contributed by atoms with Crippen molar-refractivity contribution in [2.75, 3.05) is 26.7 Å². The average Bonchev–Trinajstić information content (AvgIpc) is 2.48. The lowest BCUT2D eigenvalue weighted by Gasteiger charge is -2.30. The third-order valence-electron chi connectivity index (χ3n) is 4.25. The Hall–Kier alpha value is -1.35. The Labute approximate surface area is 122 Å². The van der Waals surface area contributed by atoms with Gasteiger partial charge in [-0.1, -0.05) is 30.3 Å². The van der Waals surface area contributed by atoms with Gasteiger partial charge in [-0.3, -0.25) is 4.79 Å². The van der Waals surface area contributed by atoms with Crippen molar-refractivity contribution in [3.63, 3.8) is 0 Å². The van der Waals surface area contributed by atoms with Crippen molar-refractivity contribution in [1.29, 1.82) is 0 Å². The first-order valence-electron chi connectivity index (χ1n) is 7.69. The normalized spacial score (nSPS) is 17.1. The molecule has 0 bridgehead atoms. The van der Waals surface area contributed by atoms with Crippen molar-refractivity contribution >= 4 is 5.91 Å². The van der Waals surface area contributed by atoms with Gasteiger partial charge in [-0.15, -0.1) is 0 Å². The number of likely N-dealkylation sites (tertiary alicyclic amines) is 1. The first-order chi connectivity index (χ1) is 9.69. The minimum Gasteiger partial charge on any atom is -0.339 e. The van der Waals surface area contributed by atoms with Gasteiger partial charge in [0.05, 0.1) is 0 Å². The molecule has 0 radical (unpaired) electrons. The molecule has 0 aromatic heterocycles. The van der Waals surface area contributed by atoms with Crippen LogP contribution in [0, 0.1) is 5.92 Å². The fraction of sp³-hybridized carbons (Fsp3) is 0.588. The molecule has 0 unspecified atom stereocenters. The minimum atomic E-state index is 0.311. The summed E-state index contributed by atoms with van der Waals surface area (Å²) < 4.78 is 0. The lowest BCUT2D eigenvalue weighted by atomic mass is 9.93. The monoisotopic (exact) mass is 274 g/mol. The van der Waals surface area contributed by atoms with Crippen LogP contribution in [0.3, 0.4) is 0 Å². The maximum Gasteiger partial charge on any atom is 0.223 e. The van der Waals surface area contributed by atoms with E-state index in [4.69, 9.17) is 0 Å². The van der Waals surface area contributed by atoms with Gasteiger partial charge >= 0.3 is 0 Å². The molecule has 0 atom stereocenters. The number of benzene rings is 1. The molecule has 0 aliphatic carbocycles. The van der Waals surface area contributed by atoms with Crippen molar-refractivity contribution in [1.82, 2.24) is 9.80 Å². The number of rotatable bonds is 5. The maximum atomic E-state index is 12.4. The largest absolute Gasteiger partial charge is 0.339 e. The molecule has 1 amide bonds. The molecule has 20 heavy (non-hydrogen) atoms. The number of hydrogen-bond donors (Lipinski definition) is 0. The zero-order valence-corrected chi connectivity index (χ0v) is 12.7. The number of carbonyl (C=O) groups is 1. The van der Waals surface area contributed by atoms with E-state index in [1.54, 1.807) is 0 Å². The van der Waals surface area contributed by atoms with Crippen LogP contribution in [0.1, 0.15) is 31.7 Å². The van der Waals surface area contributed by atoms with Gasteiger partial charge in [0.2, 0.25) is 5.91 Å². The highest BCUT2D eigenvalue weighted by Gasteiger charge is 2.22. The minimum absolute atomic E-state index is 0.311. The molecule has 1 aliphatic rings. The second-order valence-corrected chi connectivity index (χ2v) is 5.84. The topological polar surface area (TPSA) is 23.6 Å². The Morgan fingerprint density at radius 2 is 1.90 bits per heavy atom. The molecule has 3 heteroatoms. The Bertz CT molecular complexity index is 410. The summed E-state index contributed by atoms with van der Waals surface area (Å²) in [4.78, 5) is 16.8. The number of piperidine rings is 1. The first-order valence-corrected chi connectivity index (χ1v) is 7.69. The first kappa shape index (κ1) is 15.0. The quantitative estimate of drug-likeness (QED) is 0.824. The van der Waals surface area contributed by atoms with E-state index in [9.17, 15) is 4.79 Å². The smallest absolute Gasteiger partial charge is 0.223 e. The predicted octanol–water partition coefficient (Wildman–Crippen LogP) is 2.77. The zero-order valence-electron chi connectivity index (χ0n) is 12.7. The molecular formula is C17H26N2O. The van der Waals surface area contributed by atoms with Crippen molar-refractivity contribution in [2.24, 2.45) is 5.92 Å². The molecule has 110 valence electrons.